The van der Waals surface area contributed by atoms with Crippen LogP contribution in [0, 0.1) is 0 Å². The molecule has 0 amide bonds. The number of carboxylic acids is 1. The molecule has 0 spiro atoms. The number of fused-ring (bicyclic) bond motifs is 1. The van der Waals surface area contributed by atoms with Crippen LogP contribution in [-0.2, 0) is 24.4 Å². The number of carboxylic acid groups (broad SMARTS) is 1. The average molecular weight is 404 g/mol. The van der Waals surface area contributed by atoms with E-state index in [-0.39, 0.29) is 6.42 Å². The van der Waals surface area contributed by atoms with Gasteiger partial charge in [0.2, 0.25) is 0 Å². The van der Waals surface area contributed by atoms with Gasteiger partial charge in [-0.25, -0.2) is 0 Å². The number of aliphatic carboxylic acids is 1. The largest absolute Gasteiger partial charge is 0.489 e. The molecule has 0 aliphatic heterocycles. The van der Waals surface area contributed by atoms with Gasteiger partial charge in [-0.1, -0.05) is 36.4 Å². The highest BCUT2D eigenvalue weighted by Gasteiger charge is 2.11. The highest BCUT2D eigenvalue weighted by molar-refractivity contribution is 7.17. The molecule has 0 unspecified atom stereocenters. The van der Waals surface area contributed by atoms with Crippen molar-refractivity contribution in [3.63, 3.8) is 0 Å². The van der Waals surface area contributed by atoms with E-state index in [9.17, 15) is 4.79 Å². The van der Waals surface area contributed by atoms with E-state index in [1.54, 1.807) is 17.4 Å². The van der Waals surface area contributed by atoms with Gasteiger partial charge in [0.1, 0.15) is 12.4 Å². The fraction of sp³-hybridized carbons (Fsp3) is 0.125. The van der Waals surface area contributed by atoms with Crippen LogP contribution in [0.3, 0.4) is 0 Å². The van der Waals surface area contributed by atoms with Crippen LogP contribution in [0.4, 0.5) is 0 Å². The molecular formula is C24H21NO3S. The molecule has 0 saturated carbocycles. The molecule has 3 N–H and O–H groups in total. The number of para-hydroxylation sites is 1. The minimum absolute atomic E-state index is 0.0587. The van der Waals surface area contributed by atoms with Gasteiger partial charge in [0, 0.05) is 16.8 Å². The van der Waals surface area contributed by atoms with Crippen molar-refractivity contribution in [2.45, 2.75) is 19.6 Å². The molecule has 0 saturated heterocycles. The maximum atomic E-state index is 11.1. The molecule has 4 nitrogen and oxygen atoms in total. The molecule has 4 aromatic rings. The second-order valence-corrected chi connectivity index (χ2v) is 7.77. The Morgan fingerprint density at radius 2 is 1.86 bits per heavy atom. The van der Waals surface area contributed by atoms with Crippen LogP contribution >= 0.6 is 11.3 Å². The molecule has 1 heterocycles. The summed E-state index contributed by atoms with van der Waals surface area (Å²) >= 11 is 1.72. The maximum Gasteiger partial charge on any atom is 0.307 e. The molecule has 0 bridgehead atoms. The van der Waals surface area contributed by atoms with Gasteiger partial charge in [-0.05, 0) is 63.4 Å². The first-order valence-electron chi connectivity index (χ1n) is 9.36. The van der Waals surface area contributed by atoms with Crippen LogP contribution in [0.25, 0.3) is 21.2 Å². The number of nitrogens with two attached hydrogens (primary N) is 1. The van der Waals surface area contributed by atoms with Crippen molar-refractivity contribution in [3.8, 4) is 16.9 Å². The van der Waals surface area contributed by atoms with Gasteiger partial charge in [0.05, 0.1) is 6.42 Å². The Labute approximate surface area is 173 Å². The number of rotatable bonds is 7. The second-order valence-electron chi connectivity index (χ2n) is 6.85. The molecule has 0 aliphatic carbocycles. The van der Waals surface area contributed by atoms with Gasteiger partial charge < -0.3 is 15.6 Å². The quantitative estimate of drug-likeness (QED) is 0.443. The zero-order chi connectivity index (χ0) is 20.2. The van der Waals surface area contributed by atoms with Crippen molar-refractivity contribution in [2.75, 3.05) is 0 Å². The lowest BCUT2D eigenvalue weighted by Gasteiger charge is -2.13. The third-order valence-electron chi connectivity index (χ3n) is 4.79. The van der Waals surface area contributed by atoms with Gasteiger partial charge in [0.15, 0.2) is 0 Å². The Morgan fingerprint density at radius 1 is 1.00 bits per heavy atom. The summed E-state index contributed by atoms with van der Waals surface area (Å²) in [6, 6.07) is 21.9. The SMILES string of the molecule is NCc1cccc(-c2cc(COc3ccccc3CC(=O)O)cc3ccsc23)c1. The van der Waals surface area contributed by atoms with E-state index in [0.717, 1.165) is 22.3 Å². The Morgan fingerprint density at radius 3 is 2.69 bits per heavy atom. The maximum absolute atomic E-state index is 11.1. The molecule has 1 aromatic heterocycles. The van der Waals surface area contributed by atoms with Crippen molar-refractivity contribution < 1.29 is 14.6 Å². The molecule has 0 aliphatic rings. The minimum Gasteiger partial charge on any atom is -0.489 e. The molecule has 29 heavy (non-hydrogen) atoms. The van der Waals surface area contributed by atoms with Crippen LogP contribution in [0.2, 0.25) is 0 Å². The number of hydrogen-bond donors (Lipinski definition) is 2. The van der Waals surface area contributed by atoms with Crippen LogP contribution in [0.5, 0.6) is 5.75 Å². The summed E-state index contributed by atoms with van der Waals surface area (Å²) in [6.45, 7) is 0.872. The summed E-state index contributed by atoms with van der Waals surface area (Å²) in [5.41, 5.74) is 10.9. The van der Waals surface area contributed by atoms with Gasteiger partial charge in [0.25, 0.3) is 0 Å². The number of thiophene rings is 1. The van der Waals surface area contributed by atoms with E-state index < -0.39 is 5.97 Å². The summed E-state index contributed by atoms with van der Waals surface area (Å²) in [6.07, 6.45) is -0.0587. The Balaban J connectivity index is 1.67. The third-order valence-corrected chi connectivity index (χ3v) is 5.76. The van der Waals surface area contributed by atoms with E-state index in [0.29, 0.717) is 24.5 Å². The average Bonchev–Trinajstić information content (AvgIpc) is 3.21. The highest BCUT2D eigenvalue weighted by Crippen LogP contribution is 2.35. The predicted molar refractivity (Wildman–Crippen MR) is 117 cm³/mol. The Bertz CT molecular complexity index is 1170. The molecule has 0 fully saturated rings. The monoisotopic (exact) mass is 403 g/mol. The van der Waals surface area contributed by atoms with Crippen molar-refractivity contribution in [1.82, 2.24) is 0 Å². The fourth-order valence-corrected chi connectivity index (χ4v) is 4.34. The summed E-state index contributed by atoms with van der Waals surface area (Å²) in [5.74, 6) is -0.269. The van der Waals surface area contributed by atoms with Crippen molar-refractivity contribution >= 4 is 27.4 Å². The summed E-state index contributed by atoms with van der Waals surface area (Å²) in [5, 5.41) is 12.4. The van der Waals surface area contributed by atoms with Crippen molar-refractivity contribution in [3.05, 3.63) is 88.8 Å². The number of benzene rings is 3. The van der Waals surface area contributed by atoms with E-state index in [4.69, 9.17) is 15.6 Å². The van der Waals surface area contributed by atoms with Gasteiger partial charge >= 0.3 is 5.97 Å². The van der Waals surface area contributed by atoms with Crippen LogP contribution in [0.1, 0.15) is 16.7 Å². The fourth-order valence-electron chi connectivity index (χ4n) is 3.42. The summed E-state index contributed by atoms with van der Waals surface area (Å²) < 4.78 is 7.24. The standard InChI is InChI=1S/C24H21NO3S/c25-14-16-4-3-6-18(10-16)21-12-17(11-20-8-9-29-24(20)21)15-28-22-7-2-1-5-19(22)13-23(26)27/h1-12H,13-15,25H2,(H,26,27). The zero-order valence-electron chi connectivity index (χ0n) is 15.8. The van der Waals surface area contributed by atoms with Gasteiger partial charge in [-0.3, -0.25) is 4.79 Å². The van der Waals surface area contributed by atoms with Crippen LogP contribution < -0.4 is 10.5 Å². The second kappa shape index (κ2) is 8.47. The highest BCUT2D eigenvalue weighted by atomic mass is 32.1. The van der Waals surface area contributed by atoms with E-state index >= 15 is 0 Å². The number of hydrogen-bond acceptors (Lipinski definition) is 4. The minimum atomic E-state index is -0.872. The van der Waals surface area contributed by atoms with Crippen LogP contribution in [-0.4, -0.2) is 11.1 Å². The Kier molecular flexibility index (Phi) is 5.60. The summed E-state index contributed by atoms with van der Waals surface area (Å²) in [7, 11) is 0. The lowest BCUT2D eigenvalue weighted by molar-refractivity contribution is -0.136. The van der Waals surface area contributed by atoms with Crippen molar-refractivity contribution in [1.29, 1.82) is 0 Å². The summed E-state index contributed by atoms with van der Waals surface area (Å²) in [4.78, 5) is 11.1. The molecule has 5 heteroatoms. The molecule has 146 valence electrons. The normalized spacial score (nSPS) is 10.9. The zero-order valence-corrected chi connectivity index (χ0v) is 16.6. The van der Waals surface area contributed by atoms with Gasteiger partial charge in [-0.15, -0.1) is 11.3 Å². The lowest BCUT2D eigenvalue weighted by atomic mass is 9.99. The first-order valence-corrected chi connectivity index (χ1v) is 10.2. The molecular weight excluding hydrogens is 382 g/mol. The Hall–Kier alpha value is -3.15. The predicted octanol–water partition coefficient (Wildman–Crippen LogP) is 5.23. The molecule has 0 atom stereocenters. The third kappa shape index (κ3) is 4.31. The molecule has 3 aromatic carbocycles. The van der Waals surface area contributed by atoms with E-state index in [1.165, 1.54) is 10.1 Å². The number of carbonyl (C=O) groups is 1. The number of ether oxygens (including phenoxy) is 1. The first kappa shape index (κ1) is 19.2. The lowest BCUT2D eigenvalue weighted by Crippen LogP contribution is -2.04. The smallest absolute Gasteiger partial charge is 0.307 e. The van der Waals surface area contributed by atoms with Gasteiger partial charge in [-0.2, -0.15) is 0 Å². The molecule has 0 radical (unpaired) electrons. The van der Waals surface area contributed by atoms with E-state index in [2.05, 4.69) is 35.7 Å². The first-order chi connectivity index (χ1) is 14.1. The topological polar surface area (TPSA) is 72.5 Å². The van der Waals surface area contributed by atoms with E-state index in [1.807, 2.05) is 30.3 Å². The van der Waals surface area contributed by atoms with Crippen LogP contribution in [0.15, 0.2) is 72.1 Å². The molecule has 4 rings (SSSR count). The van der Waals surface area contributed by atoms with Crippen molar-refractivity contribution in [2.24, 2.45) is 5.73 Å².